The molecule has 0 unspecified atom stereocenters. The van der Waals surface area contributed by atoms with Crippen LogP contribution in [0.15, 0.2) is 66.7 Å². The fraction of sp³-hybridized carbons (Fsp3) is 0.344. The maximum absolute atomic E-state index is 13.4. The third-order valence-corrected chi connectivity index (χ3v) is 7.54. The van der Waals surface area contributed by atoms with Gasteiger partial charge in [0.25, 0.3) is 0 Å². The SMILES string of the molecule is C[C@H](CO)N1C[C@H](C)[C@H](CN(C)C(=O)Nc2ccc(F)cc2)Oc2ccc(NC(=O)Nc3ccc(C(F)(F)F)cc3)cc2CC1=O. The maximum Gasteiger partial charge on any atom is 0.416 e. The van der Waals surface area contributed by atoms with E-state index in [0.717, 1.165) is 24.3 Å². The molecule has 0 aliphatic carbocycles. The molecule has 3 aromatic carbocycles. The number of rotatable bonds is 7. The lowest BCUT2D eigenvalue weighted by Crippen LogP contribution is -2.48. The van der Waals surface area contributed by atoms with Crippen molar-refractivity contribution >= 4 is 35.0 Å². The van der Waals surface area contributed by atoms with Gasteiger partial charge in [-0.2, -0.15) is 13.2 Å². The molecule has 0 bridgehead atoms. The Bertz CT molecular complexity index is 1540. The number of aliphatic hydroxyl groups excluding tert-OH is 1. The van der Waals surface area contributed by atoms with Crippen LogP contribution >= 0.6 is 0 Å². The van der Waals surface area contributed by atoms with Gasteiger partial charge in [-0.3, -0.25) is 4.79 Å². The van der Waals surface area contributed by atoms with E-state index in [1.165, 1.54) is 29.2 Å². The zero-order valence-electron chi connectivity index (χ0n) is 25.4. The topological polar surface area (TPSA) is 123 Å². The van der Waals surface area contributed by atoms with E-state index in [-0.39, 0.29) is 43.6 Å². The van der Waals surface area contributed by atoms with Crippen LogP contribution in [0.4, 0.5) is 44.2 Å². The van der Waals surface area contributed by atoms with Crippen LogP contribution in [0.25, 0.3) is 0 Å². The van der Waals surface area contributed by atoms with Gasteiger partial charge in [0.2, 0.25) is 5.91 Å². The number of amides is 5. The van der Waals surface area contributed by atoms with Crippen LogP contribution in [0.2, 0.25) is 0 Å². The number of ether oxygens (including phenoxy) is 1. The van der Waals surface area contributed by atoms with Gasteiger partial charge in [-0.25, -0.2) is 14.0 Å². The van der Waals surface area contributed by atoms with Gasteiger partial charge in [0.15, 0.2) is 0 Å². The number of carbonyl (C=O) groups excluding carboxylic acids is 3. The largest absolute Gasteiger partial charge is 0.488 e. The number of benzene rings is 3. The molecule has 5 amide bonds. The van der Waals surface area contributed by atoms with Crippen LogP contribution in [-0.4, -0.2) is 71.8 Å². The van der Waals surface area contributed by atoms with Gasteiger partial charge in [-0.1, -0.05) is 6.92 Å². The molecule has 46 heavy (non-hydrogen) atoms. The van der Waals surface area contributed by atoms with Gasteiger partial charge in [0, 0.05) is 42.1 Å². The first-order valence-corrected chi connectivity index (χ1v) is 14.5. The highest BCUT2D eigenvalue weighted by Gasteiger charge is 2.32. The summed E-state index contributed by atoms with van der Waals surface area (Å²) in [6.07, 6.45) is -5.23. The molecular weight excluding hydrogens is 610 g/mol. The summed E-state index contributed by atoms with van der Waals surface area (Å²) in [6, 6.07) is 12.3. The minimum atomic E-state index is -4.51. The van der Waals surface area contributed by atoms with E-state index in [1.54, 1.807) is 37.1 Å². The van der Waals surface area contributed by atoms with Crippen LogP contribution < -0.4 is 20.7 Å². The van der Waals surface area contributed by atoms with E-state index in [1.807, 2.05) is 6.92 Å². The first-order valence-electron chi connectivity index (χ1n) is 14.5. The zero-order chi connectivity index (χ0) is 33.6. The fourth-order valence-corrected chi connectivity index (χ4v) is 4.87. The number of alkyl halides is 3. The molecule has 4 N–H and O–H groups in total. The number of fused-ring (bicyclic) bond motifs is 1. The lowest BCUT2D eigenvalue weighted by atomic mass is 10.0. The van der Waals surface area contributed by atoms with E-state index >= 15 is 0 Å². The van der Waals surface area contributed by atoms with Crippen molar-refractivity contribution in [3.63, 3.8) is 0 Å². The monoisotopic (exact) mass is 645 g/mol. The van der Waals surface area contributed by atoms with E-state index in [4.69, 9.17) is 4.74 Å². The molecule has 1 aliphatic heterocycles. The molecule has 0 radical (unpaired) electrons. The molecule has 4 rings (SSSR count). The van der Waals surface area contributed by atoms with E-state index in [9.17, 15) is 37.1 Å². The van der Waals surface area contributed by atoms with Crippen LogP contribution in [0.3, 0.4) is 0 Å². The number of halogens is 4. The van der Waals surface area contributed by atoms with Gasteiger partial charge < -0.3 is 35.6 Å². The summed E-state index contributed by atoms with van der Waals surface area (Å²) >= 11 is 0. The van der Waals surface area contributed by atoms with Gasteiger partial charge in [-0.15, -0.1) is 0 Å². The smallest absolute Gasteiger partial charge is 0.416 e. The average Bonchev–Trinajstić information content (AvgIpc) is 3.05. The molecule has 14 heteroatoms. The number of nitrogens with one attached hydrogen (secondary N) is 3. The van der Waals surface area contributed by atoms with E-state index in [0.29, 0.717) is 22.7 Å². The Hall–Kier alpha value is -4.85. The summed E-state index contributed by atoms with van der Waals surface area (Å²) in [5.74, 6) is -0.665. The van der Waals surface area contributed by atoms with Crippen LogP contribution in [0.5, 0.6) is 5.75 Å². The Kier molecular flexibility index (Phi) is 10.7. The van der Waals surface area contributed by atoms with Gasteiger partial charge in [0.1, 0.15) is 17.7 Å². The molecule has 0 saturated carbocycles. The molecule has 3 aromatic rings. The van der Waals surface area contributed by atoms with E-state index < -0.39 is 41.8 Å². The first-order chi connectivity index (χ1) is 21.7. The van der Waals surface area contributed by atoms with Gasteiger partial charge >= 0.3 is 18.2 Å². The van der Waals surface area contributed by atoms with Crippen LogP contribution in [0.1, 0.15) is 25.0 Å². The highest BCUT2D eigenvalue weighted by atomic mass is 19.4. The maximum atomic E-state index is 13.4. The summed E-state index contributed by atoms with van der Waals surface area (Å²) in [5.41, 5.74) is 0.427. The minimum Gasteiger partial charge on any atom is -0.488 e. The standard InChI is InChI=1S/C32H35F4N5O5/c1-19-16-41(20(2)18-42)29(43)15-21-14-26(38-30(44)37-24-8-4-22(5-9-24)32(34,35)36)12-13-27(21)46-28(19)17-40(3)31(45)39-25-10-6-23(33)7-11-25/h4-14,19-20,28,42H,15-18H2,1-3H3,(H,39,45)(H2,37,38,44)/t19-,20+,28-/m0/s1. The number of aliphatic hydroxyl groups is 1. The van der Waals surface area contributed by atoms with Crippen molar-refractivity contribution < 1.29 is 41.8 Å². The Morgan fingerprint density at radius 2 is 1.59 bits per heavy atom. The Labute approximate surface area is 263 Å². The molecule has 1 heterocycles. The Morgan fingerprint density at radius 1 is 1.00 bits per heavy atom. The van der Waals surface area contributed by atoms with Crippen molar-refractivity contribution in [2.24, 2.45) is 5.92 Å². The molecule has 0 aromatic heterocycles. The number of hydrogen-bond donors (Lipinski definition) is 4. The molecule has 1 aliphatic rings. The van der Waals surface area contributed by atoms with Crippen molar-refractivity contribution in [2.75, 3.05) is 42.7 Å². The summed E-state index contributed by atoms with van der Waals surface area (Å²) in [6.45, 7) is 3.65. The summed E-state index contributed by atoms with van der Waals surface area (Å²) in [4.78, 5) is 42.0. The highest BCUT2D eigenvalue weighted by Crippen LogP contribution is 2.31. The lowest BCUT2D eigenvalue weighted by Gasteiger charge is -2.34. The number of anilines is 3. The lowest BCUT2D eigenvalue weighted by molar-refractivity contribution is -0.137. The summed E-state index contributed by atoms with van der Waals surface area (Å²) in [5, 5.41) is 17.6. The highest BCUT2D eigenvalue weighted by molar-refractivity contribution is 6.00. The second kappa shape index (κ2) is 14.5. The van der Waals surface area contributed by atoms with Crippen molar-refractivity contribution in [1.82, 2.24) is 9.80 Å². The Balaban J connectivity index is 1.53. The quantitative estimate of drug-likeness (QED) is 0.242. The Morgan fingerprint density at radius 3 is 2.22 bits per heavy atom. The second-order valence-electron chi connectivity index (χ2n) is 11.2. The number of nitrogens with zero attached hydrogens (tertiary/aromatic N) is 2. The van der Waals surface area contributed by atoms with Crippen molar-refractivity contribution in [1.29, 1.82) is 0 Å². The zero-order valence-corrected chi connectivity index (χ0v) is 25.4. The van der Waals surface area contributed by atoms with Crippen LogP contribution in [-0.2, 0) is 17.4 Å². The third-order valence-electron chi connectivity index (χ3n) is 7.54. The number of likely N-dealkylation sites (N-methyl/N-ethyl adjacent to an activating group) is 1. The van der Waals surface area contributed by atoms with E-state index in [2.05, 4.69) is 16.0 Å². The second-order valence-corrected chi connectivity index (χ2v) is 11.2. The van der Waals surface area contributed by atoms with Crippen LogP contribution in [0, 0.1) is 11.7 Å². The molecule has 0 fully saturated rings. The first kappa shape index (κ1) is 34.0. The molecule has 3 atom stereocenters. The van der Waals surface area contributed by atoms with Crippen molar-refractivity contribution in [3.8, 4) is 5.75 Å². The normalized spacial score (nSPS) is 17.4. The summed E-state index contributed by atoms with van der Waals surface area (Å²) < 4.78 is 58.2. The number of hydrogen-bond acceptors (Lipinski definition) is 5. The summed E-state index contributed by atoms with van der Waals surface area (Å²) in [7, 11) is 1.57. The third kappa shape index (κ3) is 8.87. The number of urea groups is 2. The van der Waals surface area contributed by atoms with Crippen molar-refractivity contribution in [3.05, 3.63) is 83.7 Å². The fourth-order valence-electron chi connectivity index (χ4n) is 4.87. The molecular formula is C32H35F4N5O5. The average molecular weight is 646 g/mol. The molecule has 10 nitrogen and oxygen atoms in total. The predicted octanol–water partition coefficient (Wildman–Crippen LogP) is 5.80. The van der Waals surface area contributed by atoms with Crippen molar-refractivity contribution in [2.45, 2.75) is 38.6 Å². The van der Waals surface area contributed by atoms with Gasteiger partial charge in [-0.05, 0) is 73.7 Å². The molecule has 0 spiro atoms. The molecule has 246 valence electrons. The minimum absolute atomic E-state index is 0.110. The predicted molar refractivity (Wildman–Crippen MR) is 164 cm³/mol. The van der Waals surface area contributed by atoms with Gasteiger partial charge in [0.05, 0.1) is 31.2 Å². The molecule has 0 saturated heterocycles. The number of carbonyl (C=O) groups is 3.